The molecule has 0 bridgehead atoms. The third kappa shape index (κ3) is 9.86. The average molecular weight is 257 g/mol. The van der Waals surface area contributed by atoms with Gasteiger partial charge in [-0.25, -0.2) is 0 Å². The lowest BCUT2D eigenvalue weighted by atomic mass is 9.84. The maximum absolute atomic E-state index is 5.66. The SMILES string of the molecule is CCCN(CCCC(C)(C)CCN)CCN(C)C. The normalized spacial score (nSPS) is 12.7. The van der Waals surface area contributed by atoms with Gasteiger partial charge in [0.1, 0.15) is 0 Å². The molecule has 0 amide bonds. The van der Waals surface area contributed by atoms with Crippen molar-refractivity contribution in [3.05, 3.63) is 0 Å². The quantitative estimate of drug-likeness (QED) is 0.617. The summed E-state index contributed by atoms with van der Waals surface area (Å²) in [5.74, 6) is 0. The second-order valence-electron chi connectivity index (χ2n) is 6.45. The van der Waals surface area contributed by atoms with E-state index in [0.717, 1.165) is 19.5 Å². The molecule has 0 aromatic rings. The van der Waals surface area contributed by atoms with E-state index >= 15 is 0 Å². The molecule has 110 valence electrons. The Morgan fingerprint density at radius 2 is 1.61 bits per heavy atom. The van der Waals surface area contributed by atoms with Gasteiger partial charge in [-0.15, -0.1) is 0 Å². The minimum atomic E-state index is 0.411. The van der Waals surface area contributed by atoms with Crippen molar-refractivity contribution in [1.82, 2.24) is 9.80 Å². The smallest absolute Gasteiger partial charge is 0.0109 e. The first-order chi connectivity index (χ1) is 8.41. The maximum Gasteiger partial charge on any atom is 0.0109 e. The minimum Gasteiger partial charge on any atom is -0.330 e. The summed E-state index contributed by atoms with van der Waals surface area (Å²) in [7, 11) is 4.29. The van der Waals surface area contributed by atoms with Crippen molar-refractivity contribution in [2.24, 2.45) is 11.1 Å². The first kappa shape index (κ1) is 17.9. The van der Waals surface area contributed by atoms with Gasteiger partial charge in [0, 0.05) is 13.1 Å². The van der Waals surface area contributed by atoms with E-state index in [0.29, 0.717) is 5.41 Å². The van der Waals surface area contributed by atoms with Crippen molar-refractivity contribution >= 4 is 0 Å². The molecule has 3 heteroatoms. The predicted octanol–water partition coefficient (Wildman–Crippen LogP) is 2.42. The molecule has 0 saturated carbocycles. The van der Waals surface area contributed by atoms with Crippen LogP contribution in [0, 0.1) is 5.41 Å². The Bertz CT molecular complexity index is 190. The Labute approximate surface area is 115 Å². The van der Waals surface area contributed by atoms with E-state index in [4.69, 9.17) is 5.73 Å². The van der Waals surface area contributed by atoms with Gasteiger partial charge in [-0.2, -0.15) is 0 Å². The number of rotatable bonds is 11. The molecule has 0 heterocycles. The molecule has 0 spiro atoms. The zero-order valence-electron chi connectivity index (χ0n) is 13.3. The van der Waals surface area contributed by atoms with E-state index in [1.807, 2.05) is 0 Å². The Kier molecular flexibility index (Phi) is 9.70. The van der Waals surface area contributed by atoms with E-state index < -0.39 is 0 Å². The summed E-state index contributed by atoms with van der Waals surface area (Å²) in [6, 6.07) is 0. The van der Waals surface area contributed by atoms with Gasteiger partial charge in [-0.1, -0.05) is 20.8 Å². The van der Waals surface area contributed by atoms with E-state index in [2.05, 4.69) is 44.7 Å². The number of nitrogens with zero attached hydrogens (tertiary/aromatic N) is 2. The first-order valence-electron chi connectivity index (χ1n) is 7.48. The fourth-order valence-electron chi connectivity index (χ4n) is 2.29. The molecular formula is C15H35N3. The lowest BCUT2D eigenvalue weighted by molar-refractivity contribution is 0.217. The summed E-state index contributed by atoms with van der Waals surface area (Å²) in [6.45, 7) is 12.6. The van der Waals surface area contributed by atoms with E-state index in [1.54, 1.807) is 0 Å². The third-order valence-corrected chi connectivity index (χ3v) is 3.55. The number of likely N-dealkylation sites (N-methyl/N-ethyl adjacent to an activating group) is 1. The monoisotopic (exact) mass is 257 g/mol. The van der Waals surface area contributed by atoms with Crippen molar-refractivity contribution in [1.29, 1.82) is 0 Å². The molecule has 0 saturated heterocycles. The summed E-state index contributed by atoms with van der Waals surface area (Å²) < 4.78 is 0. The van der Waals surface area contributed by atoms with Crippen molar-refractivity contribution in [3.8, 4) is 0 Å². The Balaban J connectivity index is 3.88. The fourth-order valence-corrected chi connectivity index (χ4v) is 2.29. The first-order valence-corrected chi connectivity index (χ1v) is 7.48. The molecule has 0 aromatic carbocycles. The van der Waals surface area contributed by atoms with Crippen molar-refractivity contribution in [2.75, 3.05) is 46.8 Å². The molecule has 0 aliphatic heterocycles. The summed E-state index contributed by atoms with van der Waals surface area (Å²) in [5, 5.41) is 0. The molecule has 2 N–H and O–H groups in total. The van der Waals surface area contributed by atoms with Crippen LogP contribution in [-0.4, -0.2) is 56.6 Å². The fraction of sp³-hybridized carbons (Fsp3) is 1.00. The van der Waals surface area contributed by atoms with Gasteiger partial charge >= 0.3 is 0 Å². The van der Waals surface area contributed by atoms with Crippen LogP contribution in [0.3, 0.4) is 0 Å². The van der Waals surface area contributed by atoms with Crippen molar-refractivity contribution in [2.45, 2.75) is 46.5 Å². The topological polar surface area (TPSA) is 32.5 Å². The van der Waals surface area contributed by atoms with Crippen LogP contribution in [0.25, 0.3) is 0 Å². The highest BCUT2D eigenvalue weighted by Gasteiger charge is 2.16. The van der Waals surface area contributed by atoms with Crippen LogP contribution in [0.1, 0.15) is 46.5 Å². The maximum atomic E-state index is 5.66. The van der Waals surface area contributed by atoms with Crippen molar-refractivity contribution in [3.63, 3.8) is 0 Å². The third-order valence-electron chi connectivity index (χ3n) is 3.55. The van der Waals surface area contributed by atoms with Gasteiger partial charge in [0.2, 0.25) is 0 Å². The van der Waals surface area contributed by atoms with Crippen LogP contribution < -0.4 is 5.73 Å². The van der Waals surface area contributed by atoms with E-state index in [-0.39, 0.29) is 0 Å². The number of hydrogen-bond donors (Lipinski definition) is 1. The van der Waals surface area contributed by atoms with Gasteiger partial charge in [-0.3, -0.25) is 0 Å². The highest BCUT2D eigenvalue weighted by Crippen LogP contribution is 2.25. The molecule has 0 unspecified atom stereocenters. The van der Waals surface area contributed by atoms with E-state index in [9.17, 15) is 0 Å². The molecule has 0 rings (SSSR count). The van der Waals surface area contributed by atoms with Crippen LogP contribution in [0.15, 0.2) is 0 Å². The van der Waals surface area contributed by atoms with Gasteiger partial charge in [0.05, 0.1) is 0 Å². The molecule has 0 atom stereocenters. The van der Waals surface area contributed by atoms with Crippen molar-refractivity contribution < 1.29 is 0 Å². The molecule has 0 aliphatic rings. The summed E-state index contributed by atoms with van der Waals surface area (Å²) in [5.41, 5.74) is 6.07. The lowest BCUT2D eigenvalue weighted by Gasteiger charge is -2.27. The highest BCUT2D eigenvalue weighted by molar-refractivity contribution is 4.70. The van der Waals surface area contributed by atoms with Crippen LogP contribution in [0.4, 0.5) is 0 Å². The molecule has 0 radical (unpaired) electrons. The lowest BCUT2D eigenvalue weighted by Crippen LogP contribution is -2.33. The summed E-state index contributed by atoms with van der Waals surface area (Å²) >= 11 is 0. The van der Waals surface area contributed by atoms with Gasteiger partial charge in [0.15, 0.2) is 0 Å². The number of hydrogen-bond acceptors (Lipinski definition) is 3. The van der Waals surface area contributed by atoms with Gasteiger partial charge in [-0.05, 0) is 64.8 Å². The Hall–Kier alpha value is -0.120. The Morgan fingerprint density at radius 1 is 0.944 bits per heavy atom. The molecule has 3 nitrogen and oxygen atoms in total. The number of nitrogens with two attached hydrogens (primary N) is 1. The average Bonchev–Trinajstić information content (AvgIpc) is 2.25. The zero-order valence-corrected chi connectivity index (χ0v) is 13.3. The summed E-state index contributed by atoms with van der Waals surface area (Å²) in [6.07, 6.45) is 4.96. The van der Waals surface area contributed by atoms with Crippen LogP contribution in [0.5, 0.6) is 0 Å². The van der Waals surface area contributed by atoms with Gasteiger partial charge in [0.25, 0.3) is 0 Å². The largest absolute Gasteiger partial charge is 0.330 e. The Morgan fingerprint density at radius 3 is 2.11 bits per heavy atom. The second-order valence-corrected chi connectivity index (χ2v) is 6.45. The van der Waals surface area contributed by atoms with Crippen LogP contribution in [-0.2, 0) is 0 Å². The van der Waals surface area contributed by atoms with Gasteiger partial charge < -0.3 is 15.5 Å². The minimum absolute atomic E-state index is 0.411. The van der Waals surface area contributed by atoms with Crippen LogP contribution >= 0.6 is 0 Å². The molecular weight excluding hydrogens is 222 g/mol. The molecule has 0 aliphatic carbocycles. The zero-order chi connectivity index (χ0) is 14.0. The highest BCUT2D eigenvalue weighted by atomic mass is 15.2. The molecule has 0 fully saturated rings. The van der Waals surface area contributed by atoms with E-state index in [1.165, 1.54) is 38.9 Å². The summed E-state index contributed by atoms with van der Waals surface area (Å²) in [4.78, 5) is 4.86. The second kappa shape index (κ2) is 9.76. The standard InChI is InChI=1S/C15H35N3/c1-6-11-18(14-13-17(4)5)12-7-8-15(2,3)9-10-16/h6-14,16H2,1-5H3. The molecule has 0 aromatic heterocycles. The van der Waals surface area contributed by atoms with Crippen LogP contribution in [0.2, 0.25) is 0 Å². The molecule has 18 heavy (non-hydrogen) atoms. The predicted molar refractivity (Wildman–Crippen MR) is 82.0 cm³/mol.